The van der Waals surface area contributed by atoms with Crippen LogP contribution in [0.25, 0.3) is 0 Å². The van der Waals surface area contributed by atoms with Crippen LogP contribution in [0.1, 0.15) is 63.1 Å². The van der Waals surface area contributed by atoms with E-state index in [0.29, 0.717) is 16.9 Å². The molecule has 13 nitrogen and oxygen atoms in total. The predicted octanol–water partition coefficient (Wildman–Crippen LogP) is 5.34. The molecule has 3 aromatic carbocycles. The Kier molecular flexibility index (Phi) is 11.0. The average molecular weight is 664 g/mol. The van der Waals surface area contributed by atoms with Crippen LogP contribution < -0.4 is 20.1 Å². The number of hydrogen-bond donors (Lipinski definition) is 3. The molecule has 0 aliphatic heterocycles. The maximum atomic E-state index is 13.4. The fourth-order valence-electron chi connectivity index (χ4n) is 4.96. The number of alkyl carbamates (subject to hydrolysis) is 1. The third kappa shape index (κ3) is 10.2. The normalized spacial score (nSPS) is 14.0. The predicted molar refractivity (Wildman–Crippen MR) is 173 cm³/mol. The highest BCUT2D eigenvalue weighted by molar-refractivity contribution is 7.90. The molecule has 47 heavy (non-hydrogen) atoms. The van der Waals surface area contributed by atoms with Crippen LogP contribution >= 0.6 is 0 Å². The van der Waals surface area contributed by atoms with Gasteiger partial charge in [-0.05, 0) is 81.1 Å². The number of nitro groups is 1. The molecule has 3 aromatic rings. The number of hydrogen-bond acceptors (Lipinski definition) is 10. The molecule has 2 amide bonds. The van der Waals surface area contributed by atoms with Crippen LogP contribution in [0.5, 0.6) is 5.75 Å². The Bertz CT molecular complexity index is 1740. The molecule has 1 aliphatic rings. The Morgan fingerprint density at radius 2 is 1.66 bits per heavy atom. The van der Waals surface area contributed by atoms with Gasteiger partial charge >= 0.3 is 6.09 Å². The van der Waals surface area contributed by atoms with Crippen molar-refractivity contribution in [2.24, 2.45) is 0 Å². The van der Waals surface area contributed by atoms with Crippen LogP contribution in [0.4, 0.5) is 16.2 Å². The van der Waals surface area contributed by atoms with Gasteiger partial charge in [-0.1, -0.05) is 37.1 Å². The first kappa shape index (κ1) is 34.7. The van der Waals surface area contributed by atoms with Crippen molar-refractivity contribution in [3.05, 3.63) is 93.5 Å². The van der Waals surface area contributed by atoms with E-state index in [2.05, 4.69) is 16.7 Å². The molecule has 1 aliphatic carbocycles. The van der Waals surface area contributed by atoms with Crippen LogP contribution in [-0.2, 0) is 32.6 Å². The molecule has 1 saturated carbocycles. The number of nitro benzene ring substituents is 1. The third-order valence-electron chi connectivity index (χ3n) is 7.29. The van der Waals surface area contributed by atoms with E-state index in [1.807, 2.05) is 4.72 Å². The number of amides is 2. The molecule has 248 valence electrons. The van der Waals surface area contributed by atoms with Crippen LogP contribution in [0, 0.1) is 21.4 Å². The Labute approximate surface area is 273 Å². The maximum absolute atomic E-state index is 13.4. The summed E-state index contributed by atoms with van der Waals surface area (Å²) < 4.78 is 39.6. The monoisotopic (exact) mass is 663 g/mol. The Morgan fingerprint density at radius 3 is 2.26 bits per heavy atom. The Balaban J connectivity index is 1.49. The van der Waals surface area contributed by atoms with Gasteiger partial charge in [0.2, 0.25) is 0 Å². The van der Waals surface area contributed by atoms with Gasteiger partial charge in [0, 0.05) is 18.5 Å². The number of benzene rings is 3. The van der Waals surface area contributed by atoms with Gasteiger partial charge in [0.05, 0.1) is 21.5 Å². The molecule has 0 bridgehead atoms. The lowest BCUT2D eigenvalue weighted by molar-refractivity contribution is -0.384. The zero-order valence-electron chi connectivity index (χ0n) is 26.3. The Hall–Kier alpha value is -5.16. The summed E-state index contributed by atoms with van der Waals surface area (Å²) >= 11 is 0. The first-order valence-corrected chi connectivity index (χ1v) is 16.5. The maximum Gasteiger partial charge on any atom is 0.408 e. The molecule has 0 saturated heterocycles. The fraction of sp³-hybridized carbons (Fsp3) is 0.364. The number of rotatable bonds is 12. The molecule has 0 spiro atoms. The minimum atomic E-state index is -4.57. The van der Waals surface area contributed by atoms with Gasteiger partial charge in [-0.3, -0.25) is 14.9 Å². The molecule has 1 atom stereocenters. The van der Waals surface area contributed by atoms with Gasteiger partial charge < -0.3 is 20.1 Å². The zero-order chi connectivity index (χ0) is 34.2. The summed E-state index contributed by atoms with van der Waals surface area (Å²) in [6, 6.07) is 17.7. The molecule has 14 heteroatoms. The van der Waals surface area contributed by atoms with E-state index in [-0.39, 0.29) is 24.8 Å². The van der Waals surface area contributed by atoms with Crippen molar-refractivity contribution >= 4 is 33.4 Å². The highest BCUT2D eigenvalue weighted by Crippen LogP contribution is 2.31. The number of anilines is 1. The van der Waals surface area contributed by atoms with Gasteiger partial charge in [0.1, 0.15) is 29.7 Å². The second kappa shape index (κ2) is 15.0. The van der Waals surface area contributed by atoms with Gasteiger partial charge in [0.25, 0.3) is 21.6 Å². The molecule has 0 heterocycles. The van der Waals surface area contributed by atoms with E-state index < -0.39 is 49.2 Å². The fourth-order valence-corrected chi connectivity index (χ4v) is 6.00. The SMILES string of the molecule is CC(C)(C)OC(=O)NC(Cc1ccc(OCc2ccc(C#N)cc2)cc1)C(=O)NS(=O)(=O)c1ccc(NC2CCCC2)c([N+](=O)[O-])c1. The summed E-state index contributed by atoms with van der Waals surface area (Å²) in [4.78, 5) is 36.7. The molecule has 1 fully saturated rings. The highest BCUT2D eigenvalue weighted by atomic mass is 32.2. The standard InChI is InChI=1S/C33H37N5O8S/c1-33(2,3)46-32(40)36-29(18-22-12-14-26(15-13-22)45-21-24-10-8-23(20-34)9-11-24)31(39)37-47(43,44)27-16-17-28(30(19-27)38(41)42)35-25-6-4-5-7-25/h8-17,19,25,29,35H,4-7,18,21H2,1-3H3,(H,36,40)(H,37,39). The molecule has 4 rings (SSSR count). The zero-order valence-corrected chi connectivity index (χ0v) is 27.1. The summed E-state index contributed by atoms with van der Waals surface area (Å²) in [7, 11) is -4.57. The van der Waals surface area contributed by atoms with Crippen molar-refractivity contribution in [3.8, 4) is 11.8 Å². The van der Waals surface area contributed by atoms with Crippen LogP contribution in [0.2, 0.25) is 0 Å². The molecule has 0 radical (unpaired) electrons. The van der Waals surface area contributed by atoms with Crippen molar-refractivity contribution in [1.82, 2.24) is 10.0 Å². The van der Waals surface area contributed by atoms with Gasteiger partial charge in [-0.2, -0.15) is 5.26 Å². The summed E-state index contributed by atoms with van der Waals surface area (Å²) in [5.41, 5.74) is 0.840. The van der Waals surface area contributed by atoms with E-state index in [1.54, 1.807) is 69.3 Å². The first-order chi connectivity index (χ1) is 22.2. The number of nitrogens with one attached hydrogen (secondary N) is 3. The molecule has 3 N–H and O–H groups in total. The number of carbonyl (C=O) groups is 2. The van der Waals surface area contributed by atoms with Crippen LogP contribution in [0.3, 0.4) is 0 Å². The van der Waals surface area contributed by atoms with Crippen LogP contribution in [-0.4, -0.2) is 43.0 Å². The second-order valence-corrected chi connectivity index (χ2v) is 13.9. The third-order valence-corrected chi connectivity index (χ3v) is 8.63. The first-order valence-electron chi connectivity index (χ1n) is 15.0. The quantitative estimate of drug-likeness (QED) is 0.168. The van der Waals surface area contributed by atoms with Gasteiger partial charge in [-0.25, -0.2) is 17.9 Å². The second-order valence-electron chi connectivity index (χ2n) is 12.2. The average Bonchev–Trinajstić information content (AvgIpc) is 3.52. The largest absolute Gasteiger partial charge is 0.489 e. The molecule has 1 unspecified atom stereocenters. The minimum Gasteiger partial charge on any atom is -0.489 e. The van der Waals surface area contributed by atoms with E-state index in [0.717, 1.165) is 37.3 Å². The number of nitriles is 1. The summed E-state index contributed by atoms with van der Waals surface area (Å²) in [5.74, 6) is -0.540. The van der Waals surface area contributed by atoms with Crippen LogP contribution in [0.15, 0.2) is 71.6 Å². The highest BCUT2D eigenvalue weighted by Gasteiger charge is 2.30. The van der Waals surface area contributed by atoms with E-state index >= 15 is 0 Å². The summed E-state index contributed by atoms with van der Waals surface area (Å²) in [5, 5.41) is 26.3. The molecule has 0 aromatic heterocycles. The lowest BCUT2D eigenvalue weighted by atomic mass is 10.1. The molecular weight excluding hydrogens is 626 g/mol. The minimum absolute atomic E-state index is 0.0544. The summed E-state index contributed by atoms with van der Waals surface area (Å²) in [6.07, 6.45) is 2.67. The van der Waals surface area contributed by atoms with Crippen molar-refractivity contribution < 1.29 is 32.4 Å². The number of sulfonamides is 1. The van der Waals surface area contributed by atoms with Crippen molar-refractivity contribution in [2.45, 2.75) is 82.1 Å². The van der Waals surface area contributed by atoms with Gasteiger partial charge in [0.15, 0.2) is 0 Å². The van der Waals surface area contributed by atoms with E-state index in [1.165, 1.54) is 12.1 Å². The lowest BCUT2D eigenvalue weighted by Crippen LogP contribution is -2.50. The summed E-state index contributed by atoms with van der Waals surface area (Å²) in [6.45, 7) is 5.17. The van der Waals surface area contributed by atoms with Gasteiger partial charge in [-0.15, -0.1) is 0 Å². The van der Waals surface area contributed by atoms with Crippen molar-refractivity contribution in [3.63, 3.8) is 0 Å². The van der Waals surface area contributed by atoms with Crippen molar-refractivity contribution in [2.75, 3.05) is 5.32 Å². The Morgan fingerprint density at radius 1 is 1.02 bits per heavy atom. The van der Waals surface area contributed by atoms with E-state index in [4.69, 9.17) is 14.7 Å². The number of carbonyl (C=O) groups excluding carboxylic acids is 2. The smallest absolute Gasteiger partial charge is 0.408 e. The number of ether oxygens (including phenoxy) is 2. The molecular formula is C33H37N5O8S. The number of nitrogens with zero attached hydrogens (tertiary/aromatic N) is 2. The van der Waals surface area contributed by atoms with E-state index in [9.17, 15) is 28.1 Å². The topological polar surface area (TPSA) is 190 Å². The van der Waals surface area contributed by atoms with Crippen molar-refractivity contribution in [1.29, 1.82) is 5.26 Å². The lowest BCUT2D eigenvalue weighted by Gasteiger charge is -2.23.